The Morgan fingerprint density at radius 3 is 2.23 bits per heavy atom. The zero-order chi connectivity index (χ0) is 17.1. The normalized spacial score (nSPS) is 13.6. The van der Waals surface area contributed by atoms with Gasteiger partial charge in [0.15, 0.2) is 6.10 Å². The molecule has 1 heterocycles. The van der Waals surface area contributed by atoms with E-state index in [-0.39, 0.29) is 11.1 Å². The molecular formula is C13H19F3N4O2. The van der Waals surface area contributed by atoms with Gasteiger partial charge in [-0.25, -0.2) is 14.8 Å². The fraction of sp³-hybridized carbons (Fsp3) is 0.615. The second-order valence-corrected chi connectivity index (χ2v) is 5.91. The van der Waals surface area contributed by atoms with Crippen molar-refractivity contribution in [3.63, 3.8) is 0 Å². The van der Waals surface area contributed by atoms with Crippen LogP contribution >= 0.6 is 0 Å². The summed E-state index contributed by atoms with van der Waals surface area (Å²) in [6.07, 6.45) is -4.62. The standard InChI is InChI=1S/C13H19F3N4O2/c1-12(2,3)10-17-5-8(6-18-10)19-11(22)20(4)7-9(21)13(14,15)16/h5-6,9,21H,7H2,1-4H3,(H,19,22). The minimum atomic E-state index is -4.77. The molecule has 0 saturated carbocycles. The van der Waals surface area contributed by atoms with Crippen LogP contribution in [0.5, 0.6) is 0 Å². The van der Waals surface area contributed by atoms with Crippen LogP contribution in [0.25, 0.3) is 0 Å². The molecule has 1 rings (SSSR count). The molecule has 0 aliphatic rings. The second-order valence-electron chi connectivity index (χ2n) is 5.91. The molecule has 124 valence electrons. The van der Waals surface area contributed by atoms with Crippen molar-refractivity contribution in [3.05, 3.63) is 18.2 Å². The van der Waals surface area contributed by atoms with Crippen molar-refractivity contribution in [2.24, 2.45) is 0 Å². The van der Waals surface area contributed by atoms with E-state index in [0.717, 1.165) is 11.9 Å². The summed E-state index contributed by atoms with van der Waals surface area (Å²) in [6, 6.07) is -0.796. The first-order valence-electron chi connectivity index (χ1n) is 6.50. The molecule has 0 aliphatic carbocycles. The molecule has 1 aromatic heterocycles. The smallest absolute Gasteiger partial charge is 0.382 e. The molecular weight excluding hydrogens is 301 g/mol. The Bertz CT molecular complexity index is 512. The summed E-state index contributed by atoms with van der Waals surface area (Å²) in [7, 11) is 1.15. The molecule has 0 fully saturated rings. The number of halogens is 3. The van der Waals surface area contributed by atoms with Crippen LogP contribution in [0.1, 0.15) is 26.6 Å². The highest BCUT2D eigenvalue weighted by molar-refractivity contribution is 5.88. The summed E-state index contributed by atoms with van der Waals surface area (Å²) in [6.45, 7) is 4.91. The minimum absolute atomic E-state index is 0.254. The zero-order valence-corrected chi connectivity index (χ0v) is 12.8. The predicted octanol–water partition coefficient (Wildman–Crippen LogP) is 2.16. The van der Waals surface area contributed by atoms with Gasteiger partial charge < -0.3 is 15.3 Å². The van der Waals surface area contributed by atoms with Gasteiger partial charge in [-0.15, -0.1) is 0 Å². The number of alkyl halides is 3. The lowest BCUT2D eigenvalue weighted by molar-refractivity contribution is -0.205. The number of carbonyl (C=O) groups excluding carboxylic acids is 1. The van der Waals surface area contributed by atoms with Gasteiger partial charge in [0.25, 0.3) is 0 Å². The molecule has 0 aromatic carbocycles. The molecule has 0 spiro atoms. The summed E-state index contributed by atoms with van der Waals surface area (Å²) in [5.41, 5.74) is 0.00206. The van der Waals surface area contributed by atoms with Gasteiger partial charge in [-0.3, -0.25) is 0 Å². The first kappa shape index (κ1) is 18.1. The predicted molar refractivity (Wildman–Crippen MR) is 74.4 cm³/mol. The molecule has 0 bridgehead atoms. The number of likely N-dealkylation sites (N-methyl/N-ethyl adjacent to an activating group) is 1. The first-order chi connectivity index (χ1) is 9.91. The number of aromatic nitrogens is 2. The van der Waals surface area contributed by atoms with Gasteiger partial charge in [0.1, 0.15) is 5.82 Å². The van der Waals surface area contributed by atoms with E-state index >= 15 is 0 Å². The number of anilines is 1. The van der Waals surface area contributed by atoms with Crippen LogP contribution in [0.4, 0.5) is 23.7 Å². The third-order valence-electron chi connectivity index (χ3n) is 2.75. The summed E-state index contributed by atoms with van der Waals surface area (Å²) in [5.74, 6) is 0.575. The number of urea groups is 1. The van der Waals surface area contributed by atoms with Gasteiger partial charge in [0, 0.05) is 12.5 Å². The van der Waals surface area contributed by atoms with Gasteiger partial charge in [-0.1, -0.05) is 20.8 Å². The number of nitrogens with one attached hydrogen (secondary N) is 1. The number of amides is 2. The largest absolute Gasteiger partial charge is 0.416 e. The van der Waals surface area contributed by atoms with Crippen molar-refractivity contribution in [1.82, 2.24) is 14.9 Å². The molecule has 22 heavy (non-hydrogen) atoms. The monoisotopic (exact) mass is 320 g/mol. The average molecular weight is 320 g/mol. The van der Waals surface area contributed by atoms with Crippen LogP contribution < -0.4 is 5.32 Å². The molecule has 2 N–H and O–H groups in total. The Labute approximate surface area is 126 Å². The molecule has 1 atom stereocenters. The Hall–Kier alpha value is -1.90. The Balaban J connectivity index is 2.65. The quantitative estimate of drug-likeness (QED) is 0.894. The number of nitrogens with zero attached hydrogens (tertiary/aromatic N) is 3. The molecule has 0 radical (unpaired) electrons. The maximum atomic E-state index is 12.2. The summed E-state index contributed by atoms with van der Waals surface area (Å²) in [5, 5.41) is 11.3. The summed E-state index contributed by atoms with van der Waals surface area (Å²) < 4.78 is 36.7. The molecule has 1 unspecified atom stereocenters. The number of rotatable bonds is 3. The molecule has 0 saturated heterocycles. The van der Waals surface area contributed by atoms with Gasteiger partial charge in [-0.05, 0) is 0 Å². The molecule has 1 aromatic rings. The third kappa shape index (κ3) is 5.14. The lowest BCUT2D eigenvalue weighted by atomic mass is 9.96. The minimum Gasteiger partial charge on any atom is -0.382 e. The number of hydrogen-bond acceptors (Lipinski definition) is 4. The van der Waals surface area contributed by atoms with Gasteiger partial charge >= 0.3 is 12.2 Å². The van der Waals surface area contributed by atoms with E-state index in [1.165, 1.54) is 12.4 Å². The maximum Gasteiger partial charge on any atom is 0.416 e. The van der Waals surface area contributed by atoms with Crippen molar-refractivity contribution < 1.29 is 23.1 Å². The average Bonchev–Trinajstić information content (AvgIpc) is 2.36. The van der Waals surface area contributed by atoms with Crippen molar-refractivity contribution in [2.45, 2.75) is 38.5 Å². The van der Waals surface area contributed by atoms with Crippen LogP contribution in [0, 0.1) is 0 Å². The highest BCUT2D eigenvalue weighted by atomic mass is 19.4. The van der Waals surface area contributed by atoms with Crippen LogP contribution in [0.15, 0.2) is 12.4 Å². The van der Waals surface area contributed by atoms with E-state index in [1.54, 1.807) is 0 Å². The van der Waals surface area contributed by atoms with E-state index in [4.69, 9.17) is 5.11 Å². The highest BCUT2D eigenvalue weighted by Gasteiger charge is 2.39. The maximum absolute atomic E-state index is 12.2. The van der Waals surface area contributed by atoms with Gasteiger partial charge in [0.2, 0.25) is 0 Å². The number of hydrogen-bond donors (Lipinski definition) is 2. The molecule has 0 aliphatic heterocycles. The summed E-state index contributed by atoms with van der Waals surface area (Å²) in [4.78, 5) is 20.6. The molecule has 2 amide bonds. The highest BCUT2D eigenvalue weighted by Crippen LogP contribution is 2.21. The zero-order valence-electron chi connectivity index (χ0n) is 12.8. The van der Waals surface area contributed by atoms with E-state index in [0.29, 0.717) is 5.82 Å². The van der Waals surface area contributed by atoms with Crippen molar-refractivity contribution >= 4 is 11.7 Å². The second kappa shape index (κ2) is 6.47. The van der Waals surface area contributed by atoms with Crippen molar-refractivity contribution in [2.75, 3.05) is 18.9 Å². The molecule has 6 nitrogen and oxygen atoms in total. The fourth-order valence-corrected chi connectivity index (χ4v) is 1.44. The number of aliphatic hydroxyl groups is 1. The third-order valence-corrected chi connectivity index (χ3v) is 2.75. The number of carbonyl (C=O) groups is 1. The fourth-order valence-electron chi connectivity index (χ4n) is 1.44. The Morgan fingerprint density at radius 2 is 1.82 bits per heavy atom. The Kier molecular flexibility index (Phi) is 5.34. The van der Waals surface area contributed by atoms with E-state index < -0.39 is 24.9 Å². The lowest BCUT2D eigenvalue weighted by Gasteiger charge is -2.22. The van der Waals surface area contributed by atoms with Crippen LogP contribution in [0.2, 0.25) is 0 Å². The van der Waals surface area contributed by atoms with Crippen molar-refractivity contribution in [1.29, 1.82) is 0 Å². The van der Waals surface area contributed by atoms with E-state index in [2.05, 4.69) is 15.3 Å². The van der Waals surface area contributed by atoms with Crippen LogP contribution in [0.3, 0.4) is 0 Å². The number of aliphatic hydroxyl groups excluding tert-OH is 1. The lowest BCUT2D eigenvalue weighted by Crippen LogP contribution is -2.43. The summed E-state index contributed by atoms with van der Waals surface area (Å²) >= 11 is 0. The van der Waals surface area contributed by atoms with Gasteiger partial charge in [-0.2, -0.15) is 13.2 Å². The Morgan fingerprint density at radius 1 is 1.32 bits per heavy atom. The van der Waals surface area contributed by atoms with E-state index in [1.807, 2.05) is 20.8 Å². The van der Waals surface area contributed by atoms with E-state index in [9.17, 15) is 18.0 Å². The molecule has 9 heteroatoms. The first-order valence-corrected chi connectivity index (χ1v) is 6.50. The SMILES string of the molecule is CN(CC(O)C(F)(F)F)C(=O)Nc1cnc(C(C)(C)C)nc1. The van der Waals surface area contributed by atoms with Crippen LogP contribution in [-0.4, -0.2) is 51.9 Å². The van der Waals surface area contributed by atoms with Crippen molar-refractivity contribution in [3.8, 4) is 0 Å². The van der Waals surface area contributed by atoms with Gasteiger partial charge in [0.05, 0.1) is 24.6 Å². The topological polar surface area (TPSA) is 78.4 Å². The van der Waals surface area contributed by atoms with Crippen LogP contribution in [-0.2, 0) is 5.41 Å².